The van der Waals surface area contributed by atoms with Crippen LogP contribution >= 0.6 is 11.6 Å². The van der Waals surface area contributed by atoms with Crippen LogP contribution in [0.4, 0.5) is 32.4 Å². The molecule has 0 fully saturated rings. The summed E-state index contributed by atoms with van der Waals surface area (Å²) in [6.07, 6.45) is -4.03. The van der Waals surface area contributed by atoms with Crippen LogP contribution in [0.1, 0.15) is 41.3 Å². The number of hydrogen-bond donors (Lipinski definition) is 2. The van der Waals surface area contributed by atoms with Crippen LogP contribution in [-0.2, 0) is 6.18 Å². The lowest BCUT2D eigenvalue weighted by Gasteiger charge is -2.16. The van der Waals surface area contributed by atoms with Crippen molar-refractivity contribution in [2.45, 2.75) is 25.9 Å². The predicted octanol–water partition coefficient (Wildman–Crippen LogP) is 6.91. The summed E-state index contributed by atoms with van der Waals surface area (Å²) in [5, 5.41) is 3.85. The number of benzene rings is 2. The molecule has 2 N–H and O–H groups in total. The van der Waals surface area contributed by atoms with Crippen molar-refractivity contribution >= 4 is 29.2 Å². The SMILES string of the molecule is CC(C)c1cc(NC(=O)NC(=O)c2c(F)cccc2F)ccc1Oc1ncc(C(F)(F)F)cc1Cl. The minimum atomic E-state index is -4.62. The maximum Gasteiger partial charge on any atom is 0.417 e. The molecule has 6 nitrogen and oxygen atoms in total. The number of nitrogens with zero attached hydrogens (tertiary/aromatic N) is 1. The second kappa shape index (κ2) is 10.3. The molecule has 3 aromatic rings. The van der Waals surface area contributed by atoms with Crippen LogP contribution in [0.25, 0.3) is 0 Å². The highest BCUT2D eigenvalue weighted by Crippen LogP contribution is 2.37. The van der Waals surface area contributed by atoms with Gasteiger partial charge >= 0.3 is 12.2 Å². The number of anilines is 1. The Bertz CT molecular complexity index is 1260. The Balaban J connectivity index is 1.77. The first-order valence-corrected chi connectivity index (χ1v) is 10.4. The van der Waals surface area contributed by atoms with Crippen LogP contribution in [0.5, 0.6) is 11.6 Å². The fourth-order valence-electron chi connectivity index (χ4n) is 2.97. The molecule has 0 aliphatic heterocycles. The van der Waals surface area contributed by atoms with E-state index >= 15 is 0 Å². The molecule has 0 radical (unpaired) electrons. The van der Waals surface area contributed by atoms with E-state index in [2.05, 4.69) is 10.3 Å². The third-order valence-corrected chi connectivity index (χ3v) is 4.92. The molecule has 0 saturated carbocycles. The van der Waals surface area contributed by atoms with Crippen LogP contribution in [0, 0.1) is 11.6 Å². The minimum Gasteiger partial charge on any atom is -0.437 e. The second-order valence-electron chi connectivity index (χ2n) is 7.52. The van der Waals surface area contributed by atoms with Gasteiger partial charge in [0, 0.05) is 11.9 Å². The summed E-state index contributed by atoms with van der Waals surface area (Å²) >= 11 is 5.90. The van der Waals surface area contributed by atoms with E-state index in [-0.39, 0.29) is 28.3 Å². The number of ether oxygens (including phenoxy) is 1. The number of halogens is 6. The Morgan fingerprint density at radius 1 is 1.06 bits per heavy atom. The number of alkyl halides is 3. The maximum absolute atomic E-state index is 13.7. The predicted molar refractivity (Wildman–Crippen MR) is 118 cm³/mol. The number of hydrogen-bond acceptors (Lipinski definition) is 4. The molecule has 0 saturated heterocycles. The van der Waals surface area contributed by atoms with E-state index in [9.17, 15) is 31.5 Å². The highest BCUT2D eigenvalue weighted by atomic mass is 35.5. The zero-order chi connectivity index (χ0) is 25.9. The van der Waals surface area contributed by atoms with E-state index in [4.69, 9.17) is 16.3 Å². The highest BCUT2D eigenvalue weighted by molar-refractivity contribution is 6.31. The minimum absolute atomic E-state index is 0.183. The Labute approximate surface area is 201 Å². The molecular weight excluding hydrogens is 497 g/mol. The number of nitrogens with one attached hydrogen (secondary N) is 2. The second-order valence-corrected chi connectivity index (χ2v) is 7.93. The number of carbonyl (C=O) groups excluding carboxylic acids is 2. The molecule has 1 heterocycles. The van der Waals surface area contributed by atoms with Gasteiger partial charge in [0.05, 0.1) is 5.56 Å². The van der Waals surface area contributed by atoms with Crippen LogP contribution < -0.4 is 15.4 Å². The number of carbonyl (C=O) groups is 2. The zero-order valence-electron chi connectivity index (χ0n) is 18.1. The van der Waals surface area contributed by atoms with Crippen molar-refractivity contribution in [3.8, 4) is 11.6 Å². The van der Waals surface area contributed by atoms with Crippen molar-refractivity contribution < 1.29 is 36.3 Å². The summed E-state index contributed by atoms with van der Waals surface area (Å²) in [4.78, 5) is 27.9. The summed E-state index contributed by atoms with van der Waals surface area (Å²) in [6.45, 7) is 3.58. The summed E-state index contributed by atoms with van der Waals surface area (Å²) < 4.78 is 71.5. The Kier molecular flexibility index (Phi) is 7.59. The van der Waals surface area contributed by atoms with E-state index in [0.29, 0.717) is 17.8 Å². The van der Waals surface area contributed by atoms with Gasteiger partial charge in [0.1, 0.15) is 28.0 Å². The third kappa shape index (κ3) is 6.24. The molecular formula is C23H17ClF5N3O3. The lowest BCUT2D eigenvalue weighted by atomic mass is 10.0. The first-order valence-electron chi connectivity index (χ1n) is 9.97. The van der Waals surface area contributed by atoms with Gasteiger partial charge < -0.3 is 10.1 Å². The zero-order valence-corrected chi connectivity index (χ0v) is 18.9. The molecule has 1 aromatic heterocycles. The largest absolute Gasteiger partial charge is 0.437 e. The highest BCUT2D eigenvalue weighted by Gasteiger charge is 2.32. The molecule has 0 spiro atoms. The standard InChI is InChI=1S/C23H17ClF5N3O3/c1-11(2)14-9-13(31-22(34)32-20(33)19-16(25)4-3-5-17(19)26)6-7-18(14)35-21-15(24)8-12(10-30-21)23(27,28)29/h3-11H,1-2H3,(H2,31,32,33,34). The number of aromatic nitrogens is 1. The molecule has 184 valence electrons. The molecule has 0 aliphatic rings. The topological polar surface area (TPSA) is 80.3 Å². The van der Waals surface area contributed by atoms with Gasteiger partial charge in [-0.3, -0.25) is 10.1 Å². The first-order chi connectivity index (χ1) is 16.4. The molecule has 3 amide bonds. The van der Waals surface area contributed by atoms with Gasteiger partial charge in [-0.25, -0.2) is 18.6 Å². The Morgan fingerprint density at radius 3 is 2.29 bits per heavy atom. The molecule has 12 heteroatoms. The molecule has 0 unspecified atom stereocenters. The fraction of sp³-hybridized carbons (Fsp3) is 0.174. The molecule has 0 bridgehead atoms. The van der Waals surface area contributed by atoms with Crippen molar-refractivity contribution in [2.75, 3.05) is 5.32 Å². The quantitative estimate of drug-likeness (QED) is 0.363. The molecule has 0 aliphatic carbocycles. The molecule has 35 heavy (non-hydrogen) atoms. The van der Waals surface area contributed by atoms with Crippen molar-refractivity contribution in [1.82, 2.24) is 10.3 Å². The van der Waals surface area contributed by atoms with Crippen molar-refractivity contribution in [3.05, 3.63) is 82.0 Å². The molecule has 0 atom stereocenters. The summed E-state index contributed by atoms with van der Waals surface area (Å²) in [7, 11) is 0. The van der Waals surface area contributed by atoms with Crippen molar-refractivity contribution in [1.29, 1.82) is 0 Å². The maximum atomic E-state index is 13.7. The van der Waals surface area contributed by atoms with Gasteiger partial charge in [0.25, 0.3) is 5.91 Å². The van der Waals surface area contributed by atoms with Crippen molar-refractivity contribution in [3.63, 3.8) is 0 Å². The van der Waals surface area contributed by atoms with E-state index in [0.717, 1.165) is 18.2 Å². The van der Waals surface area contributed by atoms with Crippen LogP contribution in [0.15, 0.2) is 48.7 Å². The van der Waals surface area contributed by atoms with Crippen LogP contribution in [-0.4, -0.2) is 16.9 Å². The van der Waals surface area contributed by atoms with Gasteiger partial charge in [-0.15, -0.1) is 0 Å². The third-order valence-electron chi connectivity index (χ3n) is 4.65. The number of urea groups is 1. The summed E-state index contributed by atoms with van der Waals surface area (Å²) in [5.41, 5.74) is -1.22. The van der Waals surface area contributed by atoms with Gasteiger partial charge in [0.2, 0.25) is 5.88 Å². The van der Waals surface area contributed by atoms with E-state index in [1.54, 1.807) is 13.8 Å². The van der Waals surface area contributed by atoms with Crippen molar-refractivity contribution in [2.24, 2.45) is 0 Å². The van der Waals surface area contributed by atoms with E-state index < -0.39 is 40.9 Å². The fourth-order valence-corrected chi connectivity index (χ4v) is 3.18. The number of rotatable bonds is 5. The van der Waals surface area contributed by atoms with Crippen LogP contribution in [0.2, 0.25) is 5.02 Å². The summed E-state index contributed by atoms with van der Waals surface area (Å²) in [5.74, 6) is -3.76. The number of imide groups is 1. The monoisotopic (exact) mass is 513 g/mol. The average molecular weight is 514 g/mol. The first kappa shape index (κ1) is 25.9. The molecule has 3 rings (SSSR count). The normalized spacial score (nSPS) is 11.3. The van der Waals surface area contributed by atoms with E-state index in [1.165, 1.54) is 18.2 Å². The van der Waals surface area contributed by atoms with E-state index in [1.807, 2.05) is 5.32 Å². The van der Waals surface area contributed by atoms with Gasteiger partial charge in [-0.2, -0.15) is 13.2 Å². The number of pyridine rings is 1. The summed E-state index contributed by atoms with van der Waals surface area (Å²) in [6, 6.07) is 6.76. The lowest BCUT2D eigenvalue weighted by Crippen LogP contribution is -2.35. The van der Waals surface area contributed by atoms with Gasteiger partial charge in [-0.05, 0) is 47.9 Å². The lowest BCUT2D eigenvalue weighted by molar-refractivity contribution is -0.137. The smallest absolute Gasteiger partial charge is 0.417 e. The van der Waals surface area contributed by atoms with Gasteiger partial charge in [0.15, 0.2) is 0 Å². The molecule has 2 aromatic carbocycles. The average Bonchev–Trinajstić information content (AvgIpc) is 2.75. The Hall–Kier alpha value is -3.73. The Morgan fingerprint density at radius 2 is 1.71 bits per heavy atom. The number of amides is 3. The van der Waals surface area contributed by atoms with Gasteiger partial charge in [-0.1, -0.05) is 31.5 Å². The van der Waals surface area contributed by atoms with Crippen LogP contribution in [0.3, 0.4) is 0 Å².